The summed E-state index contributed by atoms with van der Waals surface area (Å²) in [5.41, 5.74) is 0.893. The van der Waals surface area contributed by atoms with Crippen molar-refractivity contribution < 1.29 is 60.8 Å². The Morgan fingerprint density at radius 2 is 1.13 bits per heavy atom. The van der Waals surface area contributed by atoms with E-state index in [9.17, 15) is 9.60 Å². The monoisotopic (exact) mass is 1460 g/mol. The van der Waals surface area contributed by atoms with E-state index in [-0.39, 0.29) is 32.0 Å². The SMILES string of the molecule is [2H]c1c([2H])c2c(c([2H])c1-c1ccc3c(c1)-c1cccc(-n4c5ccccc5c5ccccc54)c1-[n+]1[c-]n(-c4[c-]c(Oc5[c-]c6c(cc5)c5ccccc5n6-c5cc(C(C)(C)C)ccn5)ccc4)c4cc(-c5ccc6oc7ccccc7c6c5)cc(c41)-c1ccccc1-3)C(C([2H])([2H])[2H])(C([2H])([2H])[2H])C([2H])([2H])C([2H])([2H])C2(C([2H])([2H])[2H])C([2H])([2H])[2H].[Pt]. The number of fused-ring (bicyclic) bond motifs is 17. The molecule has 0 saturated carbocycles. The molecule has 19 rings (SSSR count). The molecule has 1 aliphatic carbocycles. The minimum atomic E-state index is -4.53. The van der Waals surface area contributed by atoms with Crippen LogP contribution in [0, 0.1) is 18.5 Å². The molecule has 2 aliphatic rings. The van der Waals surface area contributed by atoms with Crippen LogP contribution < -0.4 is 9.30 Å². The predicted octanol–water partition coefficient (Wildman–Crippen LogP) is 22.9. The zero-order chi connectivity index (χ0) is 81.4. The summed E-state index contributed by atoms with van der Waals surface area (Å²) in [6.07, 6.45) is -3.32. The van der Waals surface area contributed by atoms with Crippen molar-refractivity contribution in [1.29, 1.82) is 0 Å². The largest absolute Gasteiger partial charge is 0.510 e. The Bertz CT molecular complexity index is 6990. The topological polar surface area (TPSA) is 53.9 Å². The van der Waals surface area contributed by atoms with Crippen LogP contribution in [0.5, 0.6) is 11.5 Å². The van der Waals surface area contributed by atoms with Crippen LogP contribution in [0.3, 0.4) is 0 Å². The van der Waals surface area contributed by atoms with Gasteiger partial charge in [-0.15, -0.1) is 29.7 Å². The molecular weight excluding hydrogens is 1380 g/mol. The Hall–Kier alpha value is -10.9. The van der Waals surface area contributed by atoms with Crippen molar-refractivity contribution in [3.8, 4) is 90.0 Å². The van der Waals surface area contributed by atoms with Crippen LogP contribution in [0.4, 0.5) is 0 Å². The molecule has 12 aromatic carbocycles. The number of furan rings is 1. The molecule has 0 unspecified atom stereocenters. The van der Waals surface area contributed by atoms with Gasteiger partial charge < -0.3 is 22.9 Å². The average Bonchev–Trinajstić information content (AvgIpc) is 1.22. The van der Waals surface area contributed by atoms with E-state index in [1.165, 1.54) is 6.07 Å². The third kappa shape index (κ3) is 9.26. The summed E-state index contributed by atoms with van der Waals surface area (Å²) < 4.78 is 199. The Labute approximate surface area is 610 Å². The maximum atomic E-state index is 10.4. The van der Waals surface area contributed by atoms with Crippen molar-refractivity contribution in [3.63, 3.8) is 0 Å². The number of hydrogen-bond donors (Lipinski definition) is 0. The van der Waals surface area contributed by atoms with Gasteiger partial charge >= 0.3 is 0 Å². The van der Waals surface area contributed by atoms with E-state index in [1.807, 2.05) is 191 Å². The first-order valence-electron chi connectivity index (χ1n) is 41.6. The summed E-state index contributed by atoms with van der Waals surface area (Å²) in [4.78, 5) is 4.91. The van der Waals surface area contributed by atoms with Gasteiger partial charge in [-0.1, -0.05) is 205 Å². The number of ether oxygens (including phenoxy) is 1. The molecule has 0 saturated heterocycles. The molecule has 8 heteroatoms. The number of aromatic nitrogens is 5. The molecule has 0 bridgehead atoms. The summed E-state index contributed by atoms with van der Waals surface area (Å²) >= 11 is 0. The zero-order valence-corrected chi connectivity index (χ0v) is 55.2. The fraction of sp³-hybridized carbons (Fsp3) is 0.133. The Morgan fingerprint density at radius 1 is 0.510 bits per heavy atom. The fourth-order valence-corrected chi connectivity index (χ4v) is 14.7. The molecule has 0 radical (unpaired) electrons. The Kier molecular flexibility index (Phi) is 9.61. The fourth-order valence-electron chi connectivity index (χ4n) is 14.7. The molecular formula is C90H67N5O2Pt-2. The van der Waals surface area contributed by atoms with Crippen molar-refractivity contribution >= 4 is 76.6 Å². The molecule has 476 valence electrons. The standard InChI is InChI=1S/C90H67N5O2.Pt/c1-88(2,3)59-42-45-91-85(51-59)95-79-31-16-12-26-68(79)69-39-37-62(53-81(69)95)96-61-21-18-20-60(52-61)92-54-93-86-71(28-19-32-80(86)94-77-29-14-10-24-66(77)67-25-11-15-30-78(67)94)72-46-55(57-35-40-75-76(49-57)90(6,7)44-43-89(75,4)5)34-38-65(72)63-22-8-9-23-64(63)74-48-58(50-82(92)87(74)93)56-36-41-84-73(47-56)70-27-13-17-33-83(70)97-84;/h8-42,45-51H,43-44H2,1-7H3;/q-2;/i4D3,5D3,6D3,7D3,35D,40D,43D2,44D2,49D;. The number of nitrogens with zero attached hydrogens (tertiary/aromatic N) is 5. The van der Waals surface area contributed by atoms with Gasteiger partial charge in [0.25, 0.3) is 6.33 Å². The quantitative estimate of drug-likeness (QED) is 0.118. The minimum Gasteiger partial charge on any atom is -0.510 e. The van der Waals surface area contributed by atoms with E-state index in [1.54, 1.807) is 12.1 Å². The summed E-state index contributed by atoms with van der Waals surface area (Å²) in [5, 5.41) is 5.59. The summed E-state index contributed by atoms with van der Waals surface area (Å²) in [7, 11) is 0. The van der Waals surface area contributed by atoms with Gasteiger partial charge in [-0.2, -0.15) is 18.2 Å². The van der Waals surface area contributed by atoms with E-state index < -0.39 is 85.8 Å². The van der Waals surface area contributed by atoms with Crippen molar-refractivity contribution in [1.82, 2.24) is 18.7 Å². The van der Waals surface area contributed by atoms with Gasteiger partial charge in [0.05, 0.1) is 37.6 Å². The maximum absolute atomic E-state index is 10.4. The summed E-state index contributed by atoms with van der Waals surface area (Å²) in [5.74, 6) is 1.45. The number of pyridine rings is 1. The first-order valence-corrected chi connectivity index (χ1v) is 32.1. The molecule has 6 heterocycles. The van der Waals surface area contributed by atoms with Crippen LogP contribution in [0.25, 0.3) is 155 Å². The summed E-state index contributed by atoms with van der Waals surface area (Å²) in [6, 6.07) is 77.6. The maximum Gasteiger partial charge on any atom is 0.268 e. The second-order valence-corrected chi connectivity index (χ2v) is 26.2. The zero-order valence-electron chi connectivity index (χ0n) is 71.9. The van der Waals surface area contributed by atoms with Crippen LogP contribution in [0.2, 0.25) is 0 Å². The number of benzene rings is 12. The average molecular weight is 1460 g/mol. The Morgan fingerprint density at radius 3 is 1.90 bits per heavy atom. The molecule has 17 aromatic rings. The van der Waals surface area contributed by atoms with Crippen molar-refractivity contribution in [3.05, 3.63) is 290 Å². The van der Waals surface area contributed by atoms with Gasteiger partial charge in [-0.05, 0) is 179 Å². The van der Waals surface area contributed by atoms with Crippen molar-refractivity contribution in [2.75, 3.05) is 0 Å². The second-order valence-electron chi connectivity index (χ2n) is 26.2. The van der Waals surface area contributed by atoms with Crippen LogP contribution in [-0.4, -0.2) is 18.7 Å². The number of rotatable bonds is 7. The van der Waals surface area contributed by atoms with E-state index in [2.05, 4.69) is 84.8 Å². The van der Waals surface area contributed by atoms with Gasteiger partial charge in [-0.3, -0.25) is 4.57 Å². The van der Waals surface area contributed by atoms with Crippen LogP contribution in [0.1, 0.15) is 104 Å². The number of hydrogen-bond acceptors (Lipinski definition) is 3. The van der Waals surface area contributed by atoms with Crippen LogP contribution >= 0.6 is 0 Å². The number of para-hydroxylation sites is 5. The first-order chi connectivity index (χ1) is 55.0. The Balaban J connectivity index is 0.00000945. The third-order valence-corrected chi connectivity index (χ3v) is 19.2. The minimum absolute atomic E-state index is 0. The predicted molar refractivity (Wildman–Crippen MR) is 396 cm³/mol. The molecule has 0 amide bonds. The number of imidazole rings is 1. The van der Waals surface area contributed by atoms with Gasteiger partial charge in [0, 0.05) is 87.8 Å². The van der Waals surface area contributed by atoms with Crippen LogP contribution in [-0.2, 0) is 37.3 Å². The van der Waals surface area contributed by atoms with Crippen molar-refractivity contribution in [2.24, 2.45) is 0 Å². The molecule has 7 nitrogen and oxygen atoms in total. The van der Waals surface area contributed by atoms with Gasteiger partial charge in [0.1, 0.15) is 17.0 Å². The normalized spacial score (nSPS) is 18.3. The summed E-state index contributed by atoms with van der Waals surface area (Å²) in [6.45, 7) is -10.5. The van der Waals surface area contributed by atoms with Gasteiger partial charge in [-0.25, -0.2) is 4.98 Å². The van der Waals surface area contributed by atoms with E-state index >= 15 is 0 Å². The first kappa shape index (κ1) is 42.6. The molecule has 0 N–H and O–H groups in total. The second kappa shape index (κ2) is 22.1. The molecule has 1 aliphatic heterocycles. The van der Waals surface area contributed by atoms with E-state index in [4.69, 9.17) is 30.6 Å². The molecule has 0 fully saturated rings. The smallest absolute Gasteiger partial charge is 0.268 e. The van der Waals surface area contributed by atoms with Gasteiger partial charge in [0.15, 0.2) is 0 Å². The molecule has 98 heavy (non-hydrogen) atoms. The van der Waals surface area contributed by atoms with Crippen molar-refractivity contribution in [2.45, 2.75) is 77.2 Å². The molecule has 5 aromatic heterocycles. The van der Waals surface area contributed by atoms with Crippen LogP contribution in [0.15, 0.2) is 259 Å². The third-order valence-electron chi connectivity index (χ3n) is 19.2. The van der Waals surface area contributed by atoms with Gasteiger partial charge in [0.2, 0.25) is 0 Å². The van der Waals surface area contributed by atoms with E-state index in [0.29, 0.717) is 84.1 Å². The molecule has 0 spiro atoms. The van der Waals surface area contributed by atoms with E-state index in [0.717, 1.165) is 76.9 Å². The molecule has 0 atom stereocenters.